The molecule has 3 heterocycles. The van der Waals surface area contributed by atoms with Crippen LogP contribution in [0.3, 0.4) is 0 Å². The fraction of sp³-hybridized carbons (Fsp3) is 0.385. The van der Waals surface area contributed by atoms with Gasteiger partial charge in [-0.2, -0.15) is 0 Å². The lowest BCUT2D eigenvalue weighted by molar-refractivity contribution is 0.181. The lowest BCUT2D eigenvalue weighted by atomic mass is 10.1. The van der Waals surface area contributed by atoms with Crippen molar-refractivity contribution in [2.24, 2.45) is 0 Å². The molecule has 1 aliphatic heterocycles. The van der Waals surface area contributed by atoms with Crippen LogP contribution in [0.4, 0.5) is 0 Å². The van der Waals surface area contributed by atoms with Gasteiger partial charge in [0.15, 0.2) is 4.67 Å². The minimum absolute atomic E-state index is 0. The first-order valence-electron chi connectivity index (χ1n) is 6.08. The molecule has 2 aromatic rings. The summed E-state index contributed by atoms with van der Waals surface area (Å²) < 4.78 is 6.58. The van der Waals surface area contributed by atoms with Crippen molar-refractivity contribution >= 4 is 52.1 Å². The van der Waals surface area contributed by atoms with Crippen molar-refractivity contribution in [2.75, 3.05) is 26.2 Å². The van der Waals surface area contributed by atoms with Crippen LogP contribution in [-0.4, -0.2) is 31.1 Å². The van der Waals surface area contributed by atoms with Crippen LogP contribution < -0.4 is 5.32 Å². The molecule has 0 radical (unpaired) electrons. The third-order valence-corrected chi connectivity index (χ3v) is 4.54. The summed E-state index contributed by atoms with van der Waals surface area (Å²) in [5.74, 6) is 1.02. The first-order chi connectivity index (χ1) is 8.84. The van der Waals surface area contributed by atoms with E-state index in [-0.39, 0.29) is 30.9 Å². The number of hydrogen-bond donors (Lipinski definition) is 1. The molecule has 0 saturated carbocycles. The molecule has 0 aromatic carbocycles. The maximum Gasteiger partial charge on any atom is 0.169 e. The quantitative estimate of drug-likeness (QED) is 0.847. The van der Waals surface area contributed by atoms with E-state index in [1.807, 2.05) is 6.07 Å². The van der Waals surface area contributed by atoms with Crippen molar-refractivity contribution in [3.8, 4) is 0 Å². The van der Waals surface area contributed by atoms with E-state index >= 15 is 0 Å². The van der Waals surface area contributed by atoms with Crippen LogP contribution in [-0.2, 0) is 0 Å². The fourth-order valence-corrected chi connectivity index (χ4v) is 3.55. The Kier molecular flexibility index (Phi) is 7.58. The monoisotopic (exact) mass is 398 g/mol. The zero-order valence-electron chi connectivity index (χ0n) is 10.8. The molecule has 3 rings (SSSR count). The van der Waals surface area contributed by atoms with Crippen molar-refractivity contribution < 1.29 is 4.42 Å². The summed E-state index contributed by atoms with van der Waals surface area (Å²) in [7, 11) is 0. The van der Waals surface area contributed by atoms with Crippen LogP contribution in [0.15, 0.2) is 38.7 Å². The fourth-order valence-electron chi connectivity index (χ4n) is 2.36. The molecule has 1 saturated heterocycles. The lowest BCUT2D eigenvalue weighted by Gasteiger charge is -2.33. The predicted molar refractivity (Wildman–Crippen MR) is 91.5 cm³/mol. The largest absolute Gasteiger partial charge is 0.452 e. The van der Waals surface area contributed by atoms with Gasteiger partial charge >= 0.3 is 0 Å². The van der Waals surface area contributed by atoms with Gasteiger partial charge in [-0.15, -0.1) is 36.2 Å². The number of nitrogens with one attached hydrogen (secondary N) is 1. The summed E-state index contributed by atoms with van der Waals surface area (Å²) in [6.07, 6.45) is 0. The number of furan rings is 1. The van der Waals surface area contributed by atoms with Gasteiger partial charge < -0.3 is 9.73 Å². The van der Waals surface area contributed by atoms with Gasteiger partial charge in [-0.1, -0.05) is 6.07 Å². The van der Waals surface area contributed by atoms with Crippen LogP contribution in [0.2, 0.25) is 0 Å². The zero-order chi connectivity index (χ0) is 12.4. The van der Waals surface area contributed by atoms with Crippen molar-refractivity contribution in [2.45, 2.75) is 6.04 Å². The highest BCUT2D eigenvalue weighted by molar-refractivity contribution is 9.10. The van der Waals surface area contributed by atoms with Crippen LogP contribution in [0, 0.1) is 0 Å². The van der Waals surface area contributed by atoms with Crippen molar-refractivity contribution in [1.82, 2.24) is 10.2 Å². The molecule has 1 N–H and O–H groups in total. The molecule has 0 aliphatic carbocycles. The maximum atomic E-state index is 5.78. The highest BCUT2D eigenvalue weighted by Gasteiger charge is 2.27. The number of piperazine rings is 1. The van der Waals surface area contributed by atoms with E-state index in [0.29, 0.717) is 0 Å². The topological polar surface area (TPSA) is 28.4 Å². The van der Waals surface area contributed by atoms with Gasteiger partial charge in [0.1, 0.15) is 11.8 Å². The maximum absolute atomic E-state index is 5.78. The Bertz CT molecular complexity index is 500. The van der Waals surface area contributed by atoms with Crippen LogP contribution in [0.25, 0.3) is 0 Å². The second-order valence-corrected chi connectivity index (χ2v) is 6.11. The highest BCUT2D eigenvalue weighted by Crippen LogP contribution is 2.33. The highest BCUT2D eigenvalue weighted by atomic mass is 79.9. The number of halogens is 3. The minimum atomic E-state index is 0. The van der Waals surface area contributed by atoms with Gasteiger partial charge in [-0.25, -0.2) is 0 Å². The van der Waals surface area contributed by atoms with E-state index in [0.717, 1.165) is 36.6 Å². The number of rotatable bonds is 3. The van der Waals surface area contributed by atoms with Crippen LogP contribution in [0.1, 0.15) is 16.7 Å². The molecule has 7 heteroatoms. The molecular formula is C13H17BrCl2N2OS. The molecule has 1 atom stereocenters. The summed E-state index contributed by atoms with van der Waals surface area (Å²) in [6.45, 7) is 4.20. The van der Waals surface area contributed by atoms with Gasteiger partial charge in [0.2, 0.25) is 0 Å². The molecule has 0 spiro atoms. The van der Waals surface area contributed by atoms with Gasteiger partial charge in [-0.05, 0) is 39.5 Å². The second-order valence-electron chi connectivity index (χ2n) is 4.35. The van der Waals surface area contributed by atoms with Gasteiger partial charge in [0, 0.05) is 31.1 Å². The zero-order valence-corrected chi connectivity index (χ0v) is 14.8. The Morgan fingerprint density at radius 3 is 2.50 bits per heavy atom. The van der Waals surface area contributed by atoms with Gasteiger partial charge in [-0.3, -0.25) is 4.90 Å². The average Bonchev–Trinajstić information content (AvgIpc) is 3.04. The molecular weight excluding hydrogens is 383 g/mol. The van der Waals surface area contributed by atoms with Crippen molar-refractivity contribution in [3.05, 3.63) is 45.0 Å². The SMILES string of the molecule is Brc1ccc([C@@H](c2cccs2)N2CCNCC2)o1.Cl.Cl. The molecule has 3 nitrogen and oxygen atoms in total. The molecule has 112 valence electrons. The second kappa shape index (κ2) is 8.41. The normalized spacial score (nSPS) is 17.1. The van der Waals surface area contributed by atoms with Crippen LogP contribution in [0.5, 0.6) is 0 Å². The summed E-state index contributed by atoms with van der Waals surface area (Å²) >= 11 is 5.19. The Labute approximate surface area is 143 Å². The lowest BCUT2D eigenvalue weighted by Crippen LogP contribution is -2.45. The van der Waals surface area contributed by atoms with Gasteiger partial charge in [0.05, 0.1) is 0 Å². The number of hydrogen-bond acceptors (Lipinski definition) is 4. The predicted octanol–water partition coefficient (Wildman–Crippen LogP) is 3.94. The van der Waals surface area contributed by atoms with E-state index in [1.54, 1.807) is 11.3 Å². The summed E-state index contributed by atoms with van der Waals surface area (Å²) in [5.41, 5.74) is 0. The first-order valence-corrected chi connectivity index (χ1v) is 7.75. The average molecular weight is 400 g/mol. The van der Waals surface area contributed by atoms with E-state index in [1.165, 1.54) is 4.88 Å². The molecule has 0 amide bonds. The Morgan fingerprint density at radius 1 is 1.20 bits per heavy atom. The van der Waals surface area contributed by atoms with Crippen molar-refractivity contribution in [3.63, 3.8) is 0 Å². The number of nitrogens with zero attached hydrogens (tertiary/aromatic N) is 1. The first kappa shape index (κ1) is 18.0. The van der Waals surface area contributed by atoms with E-state index in [9.17, 15) is 0 Å². The Morgan fingerprint density at radius 2 is 1.95 bits per heavy atom. The Balaban J connectivity index is 0.000001000. The third-order valence-electron chi connectivity index (χ3n) is 3.19. The summed E-state index contributed by atoms with van der Waals surface area (Å²) in [4.78, 5) is 3.83. The Hall–Kier alpha value is -0.0400. The summed E-state index contributed by atoms with van der Waals surface area (Å²) in [5, 5.41) is 5.52. The molecule has 0 unspecified atom stereocenters. The van der Waals surface area contributed by atoms with Gasteiger partial charge in [0.25, 0.3) is 0 Å². The van der Waals surface area contributed by atoms with E-state index < -0.39 is 0 Å². The minimum Gasteiger partial charge on any atom is -0.452 e. The molecule has 0 bridgehead atoms. The van der Waals surface area contributed by atoms with E-state index in [4.69, 9.17) is 4.42 Å². The standard InChI is InChI=1S/C13H15BrN2OS.2ClH/c14-12-4-3-10(17-12)13(11-2-1-9-18-11)16-7-5-15-6-8-16;;/h1-4,9,13,15H,5-8H2;2*1H/t13-;;/m0../s1. The third kappa shape index (κ3) is 4.00. The molecule has 20 heavy (non-hydrogen) atoms. The molecule has 2 aromatic heterocycles. The molecule has 1 aliphatic rings. The number of thiophene rings is 1. The van der Waals surface area contributed by atoms with E-state index in [2.05, 4.69) is 49.7 Å². The summed E-state index contributed by atoms with van der Waals surface area (Å²) in [6, 6.07) is 8.58. The van der Waals surface area contributed by atoms with Crippen molar-refractivity contribution in [1.29, 1.82) is 0 Å². The smallest absolute Gasteiger partial charge is 0.169 e. The van der Waals surface area contributed by atoms with Crippen LogP contribution >= 0.6 is 52.1 Å². The molecule has 1 fully saturated rings.